The molecule has 0 bridgehead atoms. The van der Waals surface area contributed by atoms with E-state index in [9.17, 15) is 0 Å². The first kappa shape index (κ1) is 15.9. The van der Waals surface area contributed by atoms with Crippen molar-refractivity contribution in [1.29, 1.82) is 0 Å². The van der Waals surface area contributed by atoms with Crippen LogP contribution in [0.5, 0.6) is 11.5 Å². The van der Waals surface area contributed by atoms with Crippen LogP contribution >= 0.6 is 0 Å². The third-order valence-corrected chi connectivity index (χ3v) is 3.28. The van der Waals surface area contributed by atoms with Crippen molar-refractivity contribution in [2.24, 2.45) is 0 Å². The minimum absolute atomic E-state index is 0.176. The fourth-order valence-electron chi connectivity index (χ4n) is 2.22. The van der Waals surface area contributed by atoms with E-state index in [0.29, 0.717) is 25.5 Å². The second kappa shape index (κ2) is 6.98. The van der Waals surface area contributed by atoms with Gasteiger partial charge in [0.2, 0.25) is 5.95 Å². The van der Waals surface area contributed by atoms with Crippen molar-refractivity contribution < 1.29 is 9.47 Å². The minimum Gasteiger partial charge on any atom is -0.493 e. The highest BCUT2D eigenvalue weighted by molar-refractivity contribution is 5.50. The van der Waals surface area contributed by atoms with Crippen molar-refractivity contribution in [2.45, 2.75) is 27.2 Å². The maximum atomic E-state index is 5.90. The average molecular weight is 302 g/mol. The Labute approximate surface area is 130 Å². The van der Waals surface area contributed by atoms with E-state index in [1.54, 1.807) is 6.20 Å². The van der Waals surface area contributed by atoms with Gasteiger partial charge in [0.15, 0.2) is 0 Å². The Morgan fingerprint density at radius 1 is 1.05 bits per heavy atom. The second-order valence-corrected chi connectivity index (χ2v) is 4.90. The van der Waals surface area contributed by atoms with Crippen LogP contribution in [-0.4, -0.2) is 23.2 Å². The summed E-state index contributed by atoms with van der Waals surface area (Å²) in [6.45, 7) is 7.10. The summed E-state index contributed by atoms with van der Waals surface area (Å²) in [4.78, 5) is 7.98. The molecule has 0 saturated carbocycles. The highest BCUT2D eigenvalue weighted by Gasteiger charge is 2.11. The quantitative estimate of drug-likeness (QED) is 0.850. The van der Waals surface area contributed by atoms with Gasteiger partial charge in [-0.05, 0) is 38.5 Å². The maximum Gasteiger partial charge on any atom is 0.221 e. The number of ether oxygens (including phenoxy) is 2. The molecule has 0 radical (unpaired) electrons. The zero-order chi connectivity index (χ0) is 16.1. The molecule has 0 unspecified atom stereocenters. The lowest BCUT2D eigenvalue weighted by atomic mass is 10.0. The first-order chi connectivity index (χ1) is 10.5. The van der Waals surface area contributed by atoms with Crippen LogP contribution in [0.3, 0.4) is 0 Å². The molecule has 1 aromatic heterocycles. The monoisotopic (exact) mass is 302 g/mol. The van der Waals surface area contributed by atoms with E-state index in [1.807, 2.05) is 32.9 Å². The fourth-order valence-corrected chi connectivity index (χ4v) is 2.22. The van der Waals surface area contributed by atoms with Crippen LogP contribution in [0.2, 0.25) is 0 Å². The van der Waals surface area contributed by atoms with Crippen LogP contribution in [-0.2, 0) is 6.42 Å². The molecule has 118 valence electrons. The summed E-state index contributed by atoms with van der Waals surface area (Å²) in [6, 6.07) is 3.99. The molecule has 0 aliphatic heterocycles. The molecule has 22 heavy (non-hydrogen) atoms. The van der Waals surface area contributed by atoms with Crippen LogP contribution < -0.4 is 20.9 Å². The van der Waals surface area contributed by atoms with Gasteiger partial charge in [0.25, 0.3) is 0 Å². The SMILES string of the molecule is CCOc1cc(Cc2cnc(N)nc2N)cc(OCC)c1C. The lowest BCUT2D eigenvalue weighted by molar-refractivity contribution is 0.318. The van der Waals surface area contributed by atoms with Gasteiger partial charge in [0.1, 0.15) is 17.3 Å². The third kappa shape index (κ3) is 3.58. The molecule has 2 aromatic rings. The first-order valence-electron chi connectivity index (χ1n) is 7.31. The molecule has 0 atom stereocenters. The molecule has 6 nitrogen and oxygen atoms in total. The molecule has 0 aliphatic carbocycles. The normalized spacial score (nSPS) is 10.5. The molecule has 1 aromatic carbocycles. The second-order valence-electron chi connectivity index (χ2n) is 4.90. The summed E-state index contributed by atoms with van der Waals surface area (Å²) in [5, 5.41) is 0. The molecule has 6 heteroatoms. The van der Waals surface area contributed by atoms with Crippen molar-refractivity contribution in [1.82, 2.24) is 9.97 Å². The van der Waals surface area contributed by atoms with Gasteiger partial charge >= 0.3 is 0 Å². The van der Waals surface area contributed by atoms with Crippen LogP contribution in [0.15, 0.2) is 18.3 Å². The summed E-state index contributed by atoms with van der Waals surface area (Å²) >= 11 is 0. The lowest BCUT2D eigenvalue weighted by Gasteiger charge is -2.15. The molecule has 2 rings (SSSR count). The van der Waals surface area contributed by atoms with E-state index < -0.39 is 0 Å². The summed E-state index contributed by atoms with van der Waals surface area (Å²) < 4.78 is 11.4. The van der Waals surface area contributed by atoms with Crippen LogP contribution in [0.25, 0.3) is 0 Å². The van der Waals surface area contributed by atoms with Gasteiger partial charge in [-0.1, -0.05) is 0 Å². The third-order valence-electron chi connectivity index (χ3n) is 3.28. The van der Waals surface area contributed by atoms with Gasteiger partial charge < -0.3 is 20.9 Å². The Morgan fingerprint density at radius 3 is 2.14 bits per heavy atom. The number of nitrogens with two attached hydrogens (primary N) is 2. The minimum atomic E-state index is 0.176. The molecule has 0 fully saturated rings. The van der Waals surface area contributed by atoms with Crippen molar-refractivity contribution >= 4 is 11.8 Å². The van der Waals surface area contributed by atoms with E-state index in [2.05, 4.69) is 9.97 Å². The highest BCUT2D eigenvalue weighted by atomic mass is 16.5. The first-order valence-corrected chi connectivity index (χ1v) is 7.31. The van der Waals surface area contributed by atoms with E-state index in [0.717, 1.165) is 28.2 Å². The summed E-state index contributed by atoms with van der Waals surface area (Å²) in [6.07, 6.45) is 2.24. The summed E-state index contributed by atoms with van der Waals surface area (Å²) in [5.74, 6) is 2.20. The number of rotatable bonds is 6. The van der Waals surface area contributed by atoms with Crippen LogP contribution in [0.4, 0.5) is 11.8 Å². The molecule has 0 saturated heterocycles. The highest BCUT2D eigenvalue weighted by Crippen LogP contribution is 2.31. The average Bonchev–Trinajstić information content (AvgIpc) is 2.47. The zero-order valence-electron chi connectivity index (χ0n) is 13.2. The number of anilines is 2. The largest absolute Gasteiger partial charge is 0.493 e. The number of benzene rings is 1. The van der Waals surface area contributed by atoms with E-state index in [4.69, 9.17) is 20.9 Å². The lowest BCUT2D eigenvalue weighted by Crippen LogP contribution is -2.05. The number of hydrogen-bond donors (Lipinski definition) is 2. The van der Waals surface area contributed by atoms with E-state index >= 15 is 0 Å². The number of aromatic nitrogens is 2. The Hall–Kier alpha value is -2.50. The summed E-state index contributed by atoms with van der Waals surface area (Å²) in [5.41, 5.74) is 14.3. The van der Waals surface area contributed by atoms with Gasteiger partial charge in [-0.25, -0.2) is 4.98 Å². The topological polar surface area (TPSA) is 96.3 Å². The zero-order valence-corrected chi connectivity index (χ0v) is 13.2. The van der Waals surface area contributed by atoms with Gasteiger partial charge in [-0.3, -0.25) is 0 Å². The Kier molecular flexibility index (Phi) is 5.04. The molecule has 4 N–H and O–H groups in total. The van der Waals surface area contributed by atoms with Gasteiger partial charge in [-0.15, -0.1) is 0 Å². The van der Waals surface area contributed by atoms with Crippen LogP contribution in [0, 0.1) is 6.92 Å². The number of nitrogen functional groups attached to an aromatic ring is 2. The number of nitrogens with zero attached hydrogens (tertiary/aromatic N) is 2. The molecule has 1 heterocycles. The van der Waals surface area contributed by atoms with Gasteiger partial charge in [-0.2, -0.15) is 4.98 Å². The Bertz CT molecular complexity index is 632. The predicted molar refractivity (Wildman–Crippen MR) is 87.2 cm³/mol. The molecule has 0 aliphatic rings. The van der Waals surface area contributed by atoms with Crippen LogP contribution in [0.1, 0.15) is 30.5 Å². The van der Waals surface area contributed by atoms with E-state index in [1.165, 1.54) is 0 Å². The van der Waals surface area contributed by atoms with E-state index in [-0.39, 0.29) is 5.95 Å². The van der Waals surface area contributed by atoms with Gasteiger partial charge in [0, 0.05) is 23.7 Å². The van der Waals surface area contributed by atoms with Crippen molar-refractivity contribution in [3.8, 4) is 11.5 Å². The smallest absolute Gasteiger partial charge is 0.221 e. The Balaban J connectivity index is 2.37. The Morgan fingerprint density at radius 2 is 1.64 bits per heavy atom. The molecule has 0 amide bonds. The molecular formula is C16H22N4O2. The maximum absolute atomic E-state index is 5.90. The molecular weight excluding hydrogens is 280 g/mol. The summed E-state index contributed by atoms with van der Waals surface area (Å²) in [7, 11) is 0. The van der Waals surface area contributed by atoms with Crippen molar-refractivity contribution in [3.05, 3.63) is 35.0 Å². The standard InChI is InChI=1S/C16H22N4O2/c1-4-21-13-7-11(8-14(10(13)3)22-5-2)6-12-9-19-16(18)20-15(12)17/h7-9H,4-6H2,1-3H3,(H4,17,18,19,20). The van der Waals surface area contributed by atoms with Crippen molar-refractivity contribution in [3.63, 3.8) is 0 Å². The number of hydrogen-bond acceptors (Lipinski definition) is 6. The fraction of sp³-hybridized carbons (Fsp3) is 0.375. The predicted octanol–water partition coefficient (Wildman–Crippen LogP) is 2.34. The van der Waals surface area contributed by atoms with Crippen molar-refractivity contribution in [2.75, 3.05) is 24.7 Å². The van der Waals surface area contributed by atoms with Gasteiger partial charge in [0.05, 0.1) is 13.2 Å². The molecule has 0 spiro atoms.